The molecule has 2 saturated carbocycles. The van der Waals surface area contributed by atoms with Gasteiger partial charge in [0.2, 0.25) is 0 Å². The number of hydrogen-bond acceptors (Lipinski definition) is 8. The molecule has 0 radical (unpaired) electrons. The molecule has 44 heavy (non-hydrogen) atoms. The van der Waals surface area contributed by atoms with E-state index in [9.17, 15) is 4.79 Å². The van der Waals surface area contributed by atoms with Crippen molar-refractivity contribution in [3.63, 3.8) is 0 Å². The number of ketones is 1. The van der Waals surface area contributed by atoms with Crippen LogP contribution in [0.3, 0.4) is 0 Å². The van der Waals surface area contributed by atoms with E-state index in [-0.39, 0.29) is 19.0 Å². The lowest BCUT2D eigenvalue weighted by atomic mass is 9.96. The Hall–Kier alpha value is -4.47. The van der Waals surface area contributed by atoms with Gasteiger partial charge in [0.1, 0.15) is 41.9 Å². The Morgan fingerprint density at radius 1 is 0.773 bits per heavy atom. The van der Waals surface area contributed by atoms with E-state index < -0.39 is 0 Å². The van der Waals surface area contributed by atoms with Crippen LogP contribution in [0.1, 0.15) is 104 Å². The molecule has 2 heterocycles. The molecule has 10 heteroatoms. The van der Waals surface area contributed by atoms with Crippen molar-refractivity contribution >= 4 is 11.9 Å². The fourth-order valence-electron chi connectivity index (χ4n) is 6.01. The van der Waals surface area contributed by atoms with Gasteiger partial charge in [-0.2, -0.15) is 0 Å². The first kappa shape index (κ1) is 29.6. The van der Waals surface area contributed by atoms with Crippen molar-refractivity contribution in [1.29, 1.82) is 0 Å². The quantitative estimate of drug-likeness (QED) is 0.128. The SMILES string of the molecule is COc1ccc(/C=C/C(=O)c2ccc(OCc3cn(C4CCCCC4)nn3)cc2OCc2cn(C3CCCCC3)nn2)cc1. The summed E-state index contributed by atoms with van der Waals surface area (Å²) in [7, 11) is 1.63. The minimum atomic E-state index is -0.177. The maximum absolute atomic E-state index is 13.3. The minimum Gasteiger partial charge on any atom is -0.497 e. The number of nitrogens with zero attached hydrogens (tertiary/aromatic N) is 6. The summed E-state index contributed by atoms with van der Waals surface area (Å²) in [5.74, 6) is 1.58. The van der Waals surface area contributed by atoms with Gasteiger partial charge in [-0.1, -0.05) is 67.2 Å². The predicted molar refractivity (Wildman–Crippen MR) is 166 cm³/mol. The van der Waals surface area contributed by atoms with E-state index in [4.69, 9.17) is 14.2 Å². The molecule has 0 N–H and O–H groups in total. The van der Waals surface area contributed by atoms with Gasteiger partial charge in [0.15, 0.2) is 5.78 Å². The van der Waals surface area contributed by atoms with E-state index in [0.717, 1.165) is 42.7 Å². The maximum Gasteiger partial charge on any atom is 0.189 e. The van der Waals surface area contributed by atoms with Gasteiger partial charge >= 0.3 is 0 Å². The van der Waals surface area contributed by atoms with Crippen LogP contribution in [0.25, 0.3) is 6.08 Å². The van der Waals surface area contributed by atoms with Gasteiger partial charge in [-0.3, -0.25) is 4.79 Å². The summed E-state index contributed by atoms with van der Waals surface area (Å²) in [5.41, 5.74) is 2.81. The summed E-state index contributed by atoms with van der Waals surface area (Å²) in [5, 5.41) is 17.4. The molecule has 2 aromatic heterocycles. The highest BCUT2D eigenvalue weighted by molar-refractivity contribution is 6.08. The van der Waals surface area contributed by atoms with Gasteiger partial charge in [-0.25, -0.2) is 9.36 Å². The fraction of sp³-hybridized carbons (Fsp3) is 0.441. The predicted octanol–water partition coefficient (Wildman–Crippen LogP) is 6.94. The largest absolute Gasteiger partial charge is 0.497 e. The number of hydrogen-bond donors (Lipinski definition) is 0. The van der Waals surface area contributed by atoms with Crippen molar-refractivity contribution in [1.82, 2.24) is 30.0 Å². The van der Waals surface area contributed by atoms with Crippen LogP contribution in [-0.2, 0) is 13.2 Å². The maximum atomic E-state index is 13.3. The third-order valence-electron chi connectivity index (χ3n) is 8.54. The average molecular weight is 597 g/mol. The van der Waals surface area contributed by atoms with Crippen LogP contribution in [-0.4, -0.2) is 42.9 Å². The third-order valence-corrected chi connectivity index (χ3v) is 8.54. The Labute approximate surface area is 258 Å². The van der Waals surface area contributed by atoms with E-state index in [1.165, 1.54) is 38.5 Å². The van der Waals surface area contributed by atoms with E-state index in [0.29, 0.717) is 34.8 Å². The lowest BCUT2D eigenvalue weighted by Gasteiger charge is -2.20. The third kappa shape index (κ3) is 7.53. The Morgan fingerprint density at radius 3 is 1.93 bits per heavy atom. The zero-order chi connectivity index (χ0) is 30.1. The van der Waals surface area contributed by atoms with Crippen molar-refractivity contribution in [2.75, 3.05) is 7.11 Å². The molecule has 4 aromatic rings. The van der Waals surface area contributed by atoms with Crippen LogP contribution in [0, 0.1) is 0 Å². The van der Waals surface area contributed by atoms with Crippen LogP contribution in [0.15, 0.2) is 60.9 Å². The monoisotopic (exact) mass is 596 g/mol. The number of methoxy groups -OCH3 is 1. The normalized spacial score (nSPS) is 16.3. The molecule has 0 aliphatic heterocycles. The van der Waals surface area contributed by atoms with E-state index in [1.54, 1.807) is 37.5 Å². The lowest BCUT2D eigenvalue weighted by Crippen LogP contribution is -2.13. The Balaban J connectivity index is 1.16. The number of benzene rings is 2. The second-order valence-electron chi connectivity index (χ2n) is 11.7. The summed E-state index contributed by atoms with van der Waals surface area (Å²) in [4.78, 5) is 13.3. The fourth-order valence-corrected chi connectivity index (χ4v) is 6.01. The first-order chi connectivity index (χ1) is 21.6. The molecule has 2 aliphatic rings. The molecule has 0 spiro atoms. The Morgan fingerprint density at radius 2 is 1.34 bits per heavy atom. The molecule has 2 aromatic carbocycles. The molecule has 6 rings (SSSR count). The molecule has 0 saturated heterocycles. The number of carbonyl (C=O) groups excluding carboxylic acids is 1. The summed E-state index contributed by atoms with van der Waals surface area (Å²) in [6, 6.07) is 13.6. The molecular weight excluding hydrogens is 556 g/mol. The van der Waals surface area contributed by atoms with Crippen LogP contribution >= 0.6 is 0 Å². The molecule has 2 fully saturated rings. The Bertz CT molecular complexity index is 1550. The van der Waals surface area contributed by atoms with Gasteiger partial charge in [-0.05, 0) is 61.6 Å². The summed E-state index contributed by atoms with van der Waals surface area (Å²) >= 11 is 0. The van der Waals surface area contributed by atoms with Crippen molar-refractivity contribution in [3.05, 3.63) is 83.4 Å². The number of allylic oxidation sites excluding steroid dienone is 1. The van der Waals surface area contributed by atoms with Crippen molar-refractivity contribution in [3.8, 4) is 17.2 Å². The van der Waals surface area contributed by atoms with Gasteiger partial charge in [-0.15, -0.1) is 10.2 Å². The van der Waals surface area contributed by atoms with Crippen molar-refractivity contribution in [2.24, 2.45) is 0 Å². The topological polar surface area (TPSA) is 106 Å². The molecule has 10 nitrogen and oxygen atoms in total. The van der Waals surface area contributed by atoms with Crippen molar-refractivity contribution < 1.29 is 19.0 Å². The minimum absolute atomic E-state index is 0.177. The van der Waals surface area contributed by atoms with Crippen molar-refractivity contribution in [2.45, 2.75) is 89.5 Å². The van der Waals surface area contributed by atoms with Gasteiger partial charge < -0.3 is 14.2 Å². The van der Waals surface area contributed by atoms with Crippen LogP contribution < -0.4 is 14.2 Å². The summed E-state index contributed by atoms with van der Waals surface area (Å²) in [6.07, 6.45) is 19.3. The summed E-state index contributed by atoms with van der Waals surface area (Å²) < 4.78 is 21.5. The van der Waals surface area contributed by atoms with Crippen LogP contribution in [0.4, 0.5) is 0 Å². The molecule has 230 valence electrons. The standard InChI is InChI=1S/C34H40N6O4/c1-42-30-15-12-25(13-16-30)14-19-33(41)32-18-17-31(43-23-26-21-39(37-35-26)28-8-4-2-5-9-28)20-34(32)44-24-27-22-40(38-36-27)29-10-6-3-7-11-29/h12-22,28-29H,2-11,23-24H2,1H3/b19-14+. The summed E-state index contributed by atoms with van der Waals surface area (Å²) in [6.45, 7) is 0.459. The van der Waals surface area contributed by atoms with E-state index in [2.05, 4.69) is 20.6 Å². The second-order valence-corrected chi connectivity index (χ2v) is 11.7. The first-order valence-corrected chi connectivity index (χ1v) is 15.7. The number of rotatable bonds is 12. The molecule has 0 atom stereocenters. The zero-order valence-electron chi connectivity index (χ0n) is 25.3. The molecular formula is C34H40N6O4. The van der Waals surface area contributed by atoms with Gasteiger partial charge in [0.25, 0.3) is 0 Å². The highest BCUT2D eigenvalue weighted by atomic mass is 16.5. The average Bonchev–Trinajstić information content (AvgIpc) is 3.77. The van der Waals surface area contributed by atoms with E-state index in [1.807, 2.05) is 46.0 Å². The van der Waals surface area contributed by atoms with E-state index >= 15 is 0 Å². The number of ether oxygens (including phenoxy) is 3. The van der Waals surface area contributed by atoms with Gasteiger partial charge in [0, 0.05) is 6.07 Å². The van der Waals surface area contributed by atoms with Crippen LogP contribution in [0.5, 0.6) is 17.2 Å². The highest BCUT2D eigenvalue weighted by Gasteiger charge is 2.19. The highest BCUT2D eigenvalue weighted by Crippen LogP contribution is 2.30. The molecule has 0 unspecified atom stereocenters. The zero-order valence-corrected chi connectivity index (χ0v) is 25.3. The number of carbonyl (C=O) groups is 1. The lowest BCUT2D eigenvalue weighted by molar-refractivity contribution is 0.104. The second kappa shape index (κ2) is 14.3. The van der Waals surface area contributed by atoms with Crippen LogP contribution in [0.2, 0.25) is 0 Å². The first-order valence-electron chi connectivity index (χ1n) is 15.7. The molecule has 0 bridgehead atoms. The number of aromatic nitrogens is 6. The Kier molecular flexibility index (Phi) is 9.64. The molecule has 0 amide bonds. The smallest absolute Gasteiger partial charge is 0.189 e. The molecule has 2 aliphatic carbocycles. The van der Waals surface area contributed by atoms with Gasteiger partial charge in [0.05, 0.1) is 37.2 Å².